The number of ether oxygens (including phenoxy) is 1. The average Bonchev–Trinajstić information content (AvgIpc) is 2.64. The van der Waals surface area contributed by atoms with Crippen LogP contribution in [0.25, 0.3) is 10.1 Å². The van der Waals surface area contributed by atoms with Crippen molar-refractivity contribution in [2.45, 2.75) is 33.3 Å². The summed E-state index contributed by atoms with van der Waals surface area (Å²) < 4.78 is 6.25. The number of aryl methyl sites for hydroxylation is 1. The summed E-state index contributed by atoms with van der Waals surface area (Å²) in [5.41, 5.74) is 1.08. The Bertz CT molecular complexity index is 705. The average molecular weight is 288 g/mol. The molecular weight excluding hydrogens is 272 g/mol. The van der Waals surface area contributed by atoms with E-state index in [1.54, 1.807) is 0 Å². The number of carbonyl (C=O) groups excluding carboxylic acids is 1. The first-order valence-electron chi connectivity index (χ1n) is 6.23. The smallest absolute Gasteiger partial charge is 0.412 e. The number of amides is 1. The molecule has 104 valence electrons. The Morgan fingerprint density at radius 1 is 1.40 bits per heavy atom. The number of carbonyl (C=O) groups is 1. The molecule has 1 N–H and O–H groups in total. The SMILES string of the molecule is Cc1c(C#N)sc2ccc(NC(=O)OC(C)(C)C)cc12. The highest BCUT2D eigenvalue weighted by Crippen LogP contribution is 2.32. The van der Waals surface area contributed by atoms with E-state index in [1.807, 2.05) is 45.9 Å². The summed E-state index contributed by atoms with van der Waals surface area (Å²) >= 11 is 1.46. The maximum atomic E-state index is 11.7. The van der Waals surface area contributed by atoms with Gasteiger partial charge in [0.25, 0.3) is 0 Å². The number of nitriles is 1. The standard InChI is InChI=1S/C15H16N2O2S/c1-9-11-7-10(17-14(18)19-15(2,3)4)5-6-12(11)20-13(9)8-16/h5-7H,1-4H3,(H,17,18). The molecule has 2 rings (SSSR count). The van der Waals surface area contributed by atoms with Crippen LogP contribution in [0.4, 0.5) is 10.5 Å². The van der Waals surface area contributed by atoms with E-state index in [4.69, 9.17) is 10.00 Å². The molecule has 4 nitrogen and oxygen atoms in total. The number of hydrogen-bond donors (Lipinski definition) is 1. The highest BCUT2D eigenvalue weighted by Gasteiger charge is 2.16. The molecule has 0 radical (unpaired) electrons. The summed E-state index contributed by atoms with van der Waals surface area (Å²) in [6.07, 6.45) is -0.481. The third kappa shape index (κ3) is 3.09. The zero-order valence-electron chi connectivity index (χ0n) is 11.9. The Labute approximate surface area is 122 Å². The van der Waals surface area contributed by atoms with Crippen LogP contribution in [0.5, 0.6) is 0 Å². The first-order chi connectivity index (χ1) is 9.30. The topological polar surface area (TPSA) is 62.1 Å². The van der Waals surface area contributed by atoms with Gasteiger partial charge in [0.15, 0.2) is 0 Å². The second-order valence-electron chi connectivity index (χ2n) is 5.51. The van der Waals surface area contributed by atoms with Crippen LogP contribution in [0.1, 0.15) is 31.2 Å². The lowest BCUT2D eigenvalue weighted by Crippen LogP contribution is -2.27. The van der Waals surface area contributed by atoms with Gasteiger partial charge in [-0.1, -0.05) is 0 Å². The lowest BCUT2D eigenvalue weighted by Gasteiger charge is -2.19. The molecule has 5 heteroatoms. The van der Waals surface area contributed by atoms with Gasteiger partial charge in [-0.15, -0.1) is 11.3 Å². The first-order valence-corrected chi connectivity index (χ1v) is 7.05. The molecule has 0 saturated carbocycles. The Hall–Kier alpha value is -2.06. The second kappa shape index (κ2) is 5.14. The molecule has 20 heavy (non-hydrogen) atoms. The molecular formula is C15H16N2O2S. The monoisotopic (exact) mass is 288 g/mol. The van der Waals surface area contributed by atoms with E-state index in [9.17, 15) is 4.79 Å². The molecule has 0 saturated heterocycles. The lowest BCUT2D eigenvalue weighted by atomic mass is 10.1. The quantitative estimate of drug-likeness (QED) is 0.844. The zero-order chi connectivity index (χ0) is 14.9. The van der Waals surface area contributed by atoms with Crippen LogP contribution >= 0.6 is 11.3 Å². The Kier molecular flexibility index (Phi) is 3.69. The van der Waals surface area contributed by atoms with E-state index in [-0.39, 0.29) is 0 Å². The van der Waals surface area contributed by atoms with Crippen LogP contribution in [-0.4, -0.2) is 11.7 Å². The second-order valence-corrected chi connectivity index (χ2v) is 6.56. The van der Waals surface area contributed by atoms with Crippen LogP contribution in [0, 0.1) is 18.3 Å². The van der Waals surface area contributed by atoms with Crippen molar-refractivity contribution in [2.75, 3.05) is 5.32 Å². The Morgan fingerprint density at radius 3 is 2.70 bits per heavy atom. The normalized spacial score (nSPS) is 11.2. The molecule has 1 heterocycles. The summed E-state index contributed by atoms with van der Waals surface area (Å²) in [5.74, 6) is 0. The van der Waals surface area contributed by atoms with Gasteiger partial charge in [-0.05, 0) is 56.8 Å². The molecule has 0 fully saturated rings. The van der Waals surface area contributed by atoms with Gasteiger partial charge >= 0.3 is 6.09 Å². The summed E-state index contributed by atoms with van der Waals surface area (Å²) in [4.78, 5) is 12.4. The molecule has 1 aromatic carbocycles. The summed E-state index contributed by atoms with van der Waals surface area (Å²) in [6.45, 7) is 7.36. The number of nitrogens with zero attached hydrogens (tertiary/aromatic N) is 1. The Morgan fingerprint density at radius 2 is 2.10 bits per heavy atom. The summed E-state index contributed by atoms with van der Waals surface area (Å²) in [5, 5.41) is 12.7. The number of thiophene rings is 1. The zero-order valence-corrected chi connectivity index (χ0v) is 12.7. The van der Waals surface area contributed by atoms with Crippen LogP contribution in [0.2, 0.25) is 0 Å². The molecule has 0 atom stereocenters. The van der Waals surface area contributed by atoms with E-state index in [0.29, 0.717) is 10.6 Å². The molecule has 0 aliphatic carbocycles. The van der Waals surface area contributed by atoms with Crippen molar-refractivity contribution in [1.82, 2.24) is 0 Å². The third-order valence-corrected chi connectivity index (χ3v) is 3.86. The largest absolute Gasteiger partial charge is 0.444 e. The number of benzene rings is 1. The van der Waals surface area contributed by atoms with Crippen molar-refractivity contribution >= 4 is 33.2 Å². The number of rotatable bonds is 1. The van der Waals surface area contributed by atoms with Gasteiger partial charge < -0.3 is 4.74 Å². The molecule has 0 bridgehead atoms. The Balaban J connectivity index is 2.26. The van der Waals surface area contributed by atoms with Crippen molar-refractivity contribution in [3.8, 4) is 6.07 Å². The van der Waals surface area contributed by atoms with Crippen molar-refractivity contribution in [3.63, 3.8) is 0 Å². The summed E-state index contributed by atoms with van der Waals surface area (Å²) in [6, 6.07) is 7.76. The van der Waals surface area contributed by atoms with E-state index in [0.717, 1.165) is 15.6 Å². The van der Waals surface area contributed by atoms with Gasteiger partial charge in [-0.3, -0.25) is 5.32 Å². The highest BCUT2D eigenvalue weighted by atomic mass is 32.1. The van der Waals surface area contributed by atoms with Crippen LogP contribution in [-0.2, 0) is 4.74 Å². The van der Waals surface area contributed by atoms with Crippen molar-refractivity contribution < 1.29 is 9.53 Å². The van der Waals surface area contributed by atoms with E-state index in [1.165, 1.54) is 11.3 Å². The molecule has 0 aliphatic heterocycles. The fraction of sp³-hybridized carbons (Fsp3) is 0.333. The van der Waals surface area contributed by atoms with Gasteiger partial charge in [-0.25, -0.2) is 4.79 Å². The van der Waals surface area contributed by atoms with Crippen molar-refractivity contribution in [2.24, 2.45) is 0 Å². The van der Waals surface area contributed by atoms with Gasteiger partial charge in [0.1, 0.15) is 16.5 Å². The molecule has 0 aliphatic rings. The molecule has 0 spiro atoms. The number of hydrogen-bond acceptors (Lipinski definition) is 4. The lowest BCUT2D eigenvalue weighted by molar-refractivity contribution is 0.0636. The van der Waals surface area contributed by atoms with E-state index in [2.05, 4.69) is 11.4 Å². The van der Waals surface area contributed by atoms with Gasteiger partial charge in [0, 0.05) is 10.4 Å². The predicted octanol–water partition coefficient (Wildman–Crippen LogP) is 4.43. The van der Waals surface area contributed by atoms with Gasteiger partial charge in [0.2, 0.25) is 0 Å². The van der Waals surface area contributed by atoms with E-state index >= 15 is 0 Å². The fourth-order valence-corrected chi connectivity index (χ4v) is 2.81. The minimum atomic E-state index is -0.527. The molecule has 1 amide bonds. The highest BCUT2D eigenvalue weighted by molar-refractivity contribution is 7.19. The molecule has 2 aromatic rings. The van der Waals surface area contributed by atoms with Crippen LogP contribution < -0.4 is 5.32 Å². The van der Waals surface area contributed by atoms with Gasteiger partial charge in [-0.2, -0.15) is 5.26 Å². The fourth-order valence-electron chi connectivity index (χ4n) is 1.83. The first kappa shape index (κ1) is 14.4. The number of nitrogens with one attached hydrogen (secondary N) is 1. The number of fused-ring (bicyclic) bond motifs is 1. The van der Waals surface area contributed by atoms with Crippen molar-refractivity contribution in [1.29, 1.82) is 5.26 Å². The maximum absolute atomic E-state index is 11.7. The van der Waals surface area contributed by atoms with E-state index < -0.39 is 11.7 Å². The minimum absolute atomic E-state index is 0.481. The van der Waals surface area contributed by atoms with Gasteiger partial charge in [0.05, 0.1) is 0 Å². The summed E-state index contributed by atoms with van der Waals surface area (Å²) in [7, 11) is 0. The maximum Gasteiger partial charge on any atom is 0.412 e. The van der Waals surface area contributed by atoms with Crippen molar-refractivity contribution in [3.05, 3.63) is 28.6 Å². The molecule has 1 aromatic heterocycles. The third-order valence-electron chi connectivity index (χ3n) is 2.68. The van der Waals surface area contributed by atoms with Crippen LogP contribution in [0.3, 0.4) is 0 Å². The molecule has 0 unspecified atom stereocenters. The predicted molar refractivity (Wildman–Crippen MR) is 81.1 cm³/mol. The number of anilines is 1. The van der Waals surface area contributed by atoms with Crippen LogP contribution in [0.15, 0.2) is 18.2 Å². The minimum Gasteiger partial charge on any atom is -0.444 e.